The molecule has 1 aromatic carbocycles. The van der Waals surface area contributed by atoms with E-state index in [0.29, 0.717) is 6.04 Å². The maximum absolute atomic E-state index is 9.51. The quantitative estimate of drug-likeness (QED) is 0.852. The standard InChI is InChI=1S/C15H24N2O/c1-12-3-5-14(6-4-12)10-17-8-7-13(2)16-9-15(17)11-18/h3-6,13,15-16,18H,7-11H2,1-2H3. The minimum atomic E-state index is 0.228. The molecule has 2 atom stereocenters. The second-order valence-electron chi connectivity index (χ2n) is 5.39. The van der Waals surface area contributed by atoms with E-state index in [9.17, 15) is 5.11 Å². The highest BCUT2D eigenvalue weighted by atomic mass is 16.3. The van der Waals surface area contributed by atoms with Crippen molar-refractivity contribution in [2.24, 2.45) is 0 Å². The molecule has 1 aliphatic heterocycles. The Morgan fingerprint density at radius 2 is 2.06 bits per heavy atom. The topological polar surface area (TPSA) is 35.5 Å². The van der Waals surface area contributed by atoms with Gasteiger partial charge < -0.3 is 10.4 Å². The van der Waals surface area contributed by atoms with Crippen molar-refractivity contribution in [2.45, 2.75) is 38.9 Å². The zero-order chi connectivity index (χ0) is 13.0. The van der Waals surface area contributed by atoms with Crippen molar-refractivity contribution < 1.29 is 5.11 Å². The number of nitrogens with zero attached hydrogens (tertiary/aromatic N) is 1. The smallest absolute Gasteiger partial charge is 0.0599 e. The summed E-state index contributed by atoms with van der Waals surface area (Å²) >= 11 is 0. The molecule has 0 amide bonds. The lowest BCUT2D eigenvalue weighted by Gasteiger charge is -2.28. The van der Waals surface area contributed by atoms with Crippen LogP contribution in [0.1, 0.15) is 24.5 Å². The minimum Gasteiger partial charge on any atom is -0.395 e. The summed E-state index contributed by atoms with van der Waals surface area (Å²) in [4.78, 5) is 2.39. The molecule has 1 fully saturated rings. The summed E-state index contributed by atoms with van der Waals surface area (Å²) in [5.74, 6) is 0. The van der Waals surface area contributed by atoms with Gasteiger partial charge >= 0.3 is 0 Å². The van der Waals surface area contributed by atoms with E-state index in [0.717, 1.165) is 26.1 Å². The van der Waals surface area contributed by atoms with E-state index in [1.807, 2.05) is 0 Å². The van der Waals surface area contributed by atoms with Crippen LogP contribution in [0.25, 0.3) is 0 Å². The molecule has 2 N–H and O–H groups in total. The Morgan fingerprint density at radius 1 is 1.33 bits per heavy atom. The van der Waals surface area contributed by atoms with E-state index in [4.69, 9.17) is 0 Å². The molecule has 0 aromatic heterocycles. The van der Waals surface area contributed by atoms with Crippen LogP contribution in [0.15, 0.2) is 24.3 Å². The van der Waals surface area contributed by atoms with Gasteiger partial charge in [-0.1, -0.05) is 29.8 Å². The fraction of sp³-hybridized carbons (Fsp3) is 0.600. The van der Waals surface area contributed by atoms with Crippen molar-refractivity contribution in [3.63, 3.8) is 0 Å². The van der Waals surface area contributed by atoms with E-state index in [-0.39, 0.29) is 12.6 Å². The number of nitrogens with one attached hydrogen (secondary N) is 1. The number of aliphatic hydroxyl groups excluding tert-OH is 1. The lowest BCUT2D eigenvalue weighted by molar-refractivity contribution is 0.126. The Kier molecular flexibility index (Phi) is 4.75. The van der Waals surface area contributed by atoms with Crippen LogP contribution in [0.4, 0.5) is 0 Å². The molecule has 2 unspecified atom stereocenters. The van der Waals surface area contributed by atoms with E-state index in [2.05, 4.69) is 48.3 Å². The van der Waals surface area contributed by atoms with E-state index in [1.54, 1.807) is 0 Å². The molecule has 1 saturated heterocycles. The molecule has 0 spiro atoms. The summed E-state index contributed by atoms with van der Waals surface area (Å²) < 4.78 is 0. The van der Waals surface area contributed by atoms with Gasteiger partial charge in [-0.2, -0.15) is 0 Å². The van der Waals surface area contributed by atoms with Gasteiger partial charge in [-0.3, -0.25) is 4.90 Å². The van der Waals surface area contributed by atoms with Gasteiger partial charge in [0.2, 0.25) is 0 Å². The van der Waals surface area contributed by atoms with Gasteiger partial charge in [-0.05, 0) is 25.8 Å². The van der Waals surface area contributed by atoms with Crippen molar-refractivity contribution >= 4 is 0 Å². The first-order valence-electron chi connectivity index (χ1n) is 6.83. The molecular weight excluding hydrogens is 224 g/mol. The van der Waals surface area contributed by atoms with Crippen LogP contribution in [0, 0.1) is 6.92 Å². The second-order valence-corrected chi connectivity index (χ2v) is 5.39. The molecule has 1 aromatic rings. The van der Waals surface area contributed by atoms with Crippen molar-refractivity contribution in [1.29, 1.82) is 0 Å². The first kappa shape index (κ1) is 13.5. The van der Waals surface area contributed by atoms with Crippen LogP contribution in [0.5, 0.6) is 0 Å². The molecule has 2 rings (SSSR count). The average Bonchev–Trinajstić information content (AvgIpc) is 2.55. The van der Waals surface area contributed by atoms with Crippen LogP contribution in [-0.2, 0) is 6.54 Å². The molecule has 18 heavy (non-hydrogen) atoms. The van der Waals surface area contributed by atoms with Gasteiger partial charge in [0.25, 0.3) is 0 Å². The molecule has 0 radical (unpaired) electrons. The van der Waals surface area contributed by atoms with Crippen molar-refractivity contribution in [2.75, 3.05) is 19.7 Å². The monoisotopic (exact) mass is 248 g/mol. The molecule has 100 valence electrons. The maximum atomic E-state index is 9.51. The van der Waals surface area contributed by atoms with Gasteiger partial charge in [-0.15, -0.1) is 0 Å². The van der Waals surface area contributed by atoms with Crippen LogP contribution in [-0.4, -0.2) is 41.8 Å². The summed E-state index contributed by atoms with van der Waals surface area (Å²) in [7, 11) is 0. The predicted octanol–water partition coefficient (Wildman–Crippen LogP) is 1.54. The first-order chi connectivity index (χ1) is 8.69. The van der Waals surface area contributed by atoms with Crippen LogP contribution in [0.2, 0.25) is 0 Å². The summed E-state index contributed by atoms with van der Waals surface area (Å²) in [6, 6.07) is 9.46. The fourth-order valence-corrected chi connectivity index (χ4v) is 2.43. The molecule has 1 aliphatic rings. The highest BCUT2D eigenvalue weighted by Gasteiger charge is 2.22. The lowest BCUT2D eigenvalue weighted by atomic mass is 10.1. The molecule has 3 nitrogen and oxygen atoms in total. The molecule has 0 bridgehead atoms. The highest BCUT2D eigenvalue weighted by molar-refractivity contribution is 5.21. The third-order valence-electron chi connectivity index (χ3n) is 3.78. The van der Waals surface area contributed by atoms with Crippen molar-refractivity contribution in [3.05, 3.63) is 35.4 Å². The Hall–Kier alpha value is -0.900. The summed E-state index contributed by atoms with van der Waals surface area (Å²) in [5, 5.41) is 13.0. The Labute approximate surface area is 110 Å². The zero-order valence-electron chi connectivity index (χ0n) is 11.4. The summed E-state index contributed by atoms with van der Waals surface area (Å²) in [6.45, 7) is 7.41. The SMILES string of the molecule is Cc1ccc(CN2CCC(C)NCC2CO)cc1. The fourth-order valence-electron chi connectivity index (χ4n) is 2.43. The third kappa shape index (κ3) is 3.55. The van der Waals surface area contributed by atoms with Gasteiger partial charge in [0.15, 0.2) is 0 Å². The largest absolute Gasteiger partial charge is 0.395 e. The number of rotatable bonds is 3. The van der Waals surface area contributed by atoms with Crippen LogP contribution < -0.4 is 5.32 Å². The first-order valence-corrected chi connectivity index (χ1v) is 6.83. The van der Waals surface area contributed by atoms with Gasteiger partial charge in [0.05, 0.1) is 6.61 Å². The normalized spacial score (nSPS) is 25.9. The number of benzene rings is 1. The zero-order valence-corrected chi connectivity index (χ0v) is 11.4. The molecule has 0 aliphatic carbocycles. The number of aryl methyl sites for hydroxylation is 1. The van der Waals surface area contributed by atoms with Crippen LogP contribution in [0.3, 0.4) is 0 Å². The van der Waals surface area contributed by atoms with E-state index in [1.165, 1.54) is 11.1 Å². The van der Waals surface area contributed by atoms with Crippen LogP contribution >= 0.6 is 0 Å². The lowest BCUT2D eigenvalue weighted by Crippen LogP contribution is -2.42. The number of aliphatic hydroxyl groups is 1. The number of hydrogen-bond acceptors (Lipinski definition) is 3. The summed E-state index contributed by atoms with van der Waals surface area (Å²) in [5.41, 5.74) is 2.62. The number of hydrogen-bond donors (Lipinski definition) is 2. The van der Waals surface area contributed by atoms with Gasteiger partial charge in [0.1, 0.15) is 0 Å². The Bertz CT molecular complexity index is 363. The van der Waals surface area contributed by atoms with Crippen molar-refractivity contribution in [3.8, 4) is 0 Å². The van der Waals surface area contributed by atoms with Gasteiger partial charge in [0, 0.05) is 31.7 Å². The maximum Gasteiger partial charge on any atom is 0.0599 e. The highest BCUT2D eigenvalue weighted by Crippen LogP contribution is 2.13. The third-order valence-corrected chi connectivity index (χ3v) is 3.78. The molecular formula is C15H24N2O. The average molecular weight is 248 g/mol. The Morgan fingerprint density at radius 3 is 2.72 bits per heavy atom. The van der Waals surface area contributed by atoms with Gasteiger partial charge in [-0.25, -0.2) is 0 Å². The summed E-state index contributed by atoms with van der Waals surface area (Å²) in [6.07, 6.45) is 1.14. The van der Waals surface area contributed by atoms with E-state index >= 15 is 0 Å². The minimum absolute atomic E-state index is 0.228. The molecule has 1 heterocycles. The Balaban J connectivity index is 2.02. The predicted molar refractivity (Wildman–Crippen MR) is 74.5 cm³/mol. The molecule has 0 saturated carbocycles. The van der Waals surface area contributed by atoms with Crippen molar-refractivity contribution in [1.82, 2.24) is 10.2 Å². The molecule has 3 heteroatoms. The van der Waals surface area contributed by atoms with E-state index < -0.39 is 0 Å². The second kappa shape index (κ2) is 6.32.